The van der Waals surface area contributed by atoms with Crippen LogP contribution in [0, 0.1) is 0 Å². The zero-order valence-electron chi connectivity index (χ0n) is 8.62. The van der Waals surface area contributed by atoms with Crippen LogP contribution in [0.5, 0.6) is 5.75 Å². The van der Waals surface area contributed by atoms with Crippen molar-refractivity contribution >= 4 is 50.5 Å². The molecule has 1 aromatic carbocycles. The molecule has 0 fully saturated rings. The van der Waals surface area contributed by atoms with Crippen molar-refractivity contribution in [2.24, 2.45) is 0 Å². The molecule has 0 N–H and O–H groups in total. The SMILES string of the molecule is Clc1cc(Cl)c(OCc2nccs2)c(CBr)c1. The van der Waals surface area contributed by atoms with E-state index in [2.05, 4.69) is 20.9 Å². The molecule has 0 saturated heterocycles. The van der Waals surface area contributed by atoms with Crippen molar-refractivity contribution in [2.75, 3.05) is 0 Å². The lowest BCUT2D eigenvalue weighted by atomic mass is 10.2. The van der Waals surface area contributed by atoms with Crippen molar-refractivity contribution in [1.82, 2.24) is 4.98 Å². The van der Waals surface area contributed by atoms with Gasteiger partial charge < -0.3 is 4.74 Å². The van der Waals surface area contributed by atoms with Crippen LogP contribution < -0.4 is 4.74 Å². The molecule has 0 radical (unpaired) electrons. The summed E-state index contributed by atoms with van der Waals surface area (Å²) in [6, 6.07) is 3.51. The second-order valence-corrected chi connectivity index (χ2v) is 5.61. The van der Waals surface area contributed by atoms with Gasteiger partial charge in [0.15, 0.2) is 0 Å². The molecule has 0 saturated carbocycles. The zero-order chi connectivity index (χ0) is 12.3. The maximum atomic E-state index is 6.11. The summed E-state index contributed by atoms with van der Waals surface area (Å²) in [6.45, 7) is 0.416. The van der Waals surface area contributed by atoms with Crippen molar-refractivity contribution < 1.29 is 4.74 Å². The summed E-state index contributed by atoms with van der Waals surface area (Å²) in [4.78, 5) is 4.15. The number of rotatable bonds is 4. The van der Waals surface area contributed by atoms with E-state index in [0.717, 1.165) is 10.6 Å². The molecule has 0 amide bonds. The Labute approximate surface area is 122 Å². The molecule has 2 nitrogen and oxygen atoms in total. The van der Waals surface area contributed by atoms with Gasteiger partial charge in [0.25, 0.3) is 0 Å². The molecule has 1 aromatic heterocycles. The van der Waals surface area contributed by atoms with E-state index in [1.807, 2.05) is 11.4 Å². The van der Waals surface area contributed by atoms with Crippen LogP contribution in [0.1, 0.15) is 10.6 Å². The van der Waals surface area contributed by atoms with Crippen LogP contribution in [0.2, 0.25) is 10.0 Å². The molecule has 0 aliphatic heterocycles. The predicted octanol–water partition coefficient (Wildman–Crippen LogP) is 4.92. The number of ether oxygens (including phenoxy) is 1. The van der Waals surface area contributed by atoms with E-state index in [9.17, 15) is 0 Å². The minimum Gasteiger partial charge on any atom is -0.485 e. The molecule has 90 valence electrons. The lowest BCUT2D eigenvalue weighted by Crippen LogP contribution is -1.98. The van der Waals surface area contributed by atoms with Crippen LogP contribution in [0.3, 0.4) is 0 Å². The number of alkyl halides is 1. The van der Waals surface area contributed by atoms with E-state index in [4.69, 9.17) is 27.9 Å². The lowest BCUT2D eigenvalue weighted by molar-refractivity contribution is 0.303. The first-order valence-electron chi connectivity index (χ1n) is 4.75. The number of thiazole rings is 1. The topological polar surface area (TPSA) is 22.1 Å². The highest BCUT2D eigenvalue weighted by Crippen LogP contribution is 2.34. The summed E-state index contributed by atoms with van der Waals surface area (Å²) in [5, 5.41) is 4.58. The molecule has 2 aromatic rings. The Morgan fingerprint density at radius 3 is 2.82 bits per heavy atom. The Morgan fingerprint density at radius 2 is 2.18 bits per heavy atom. The maximum absolute atomic E-state index is 6.11. The molecule has 0 unspecified atom stereocenters. The quantitative estimate of drug-likeness (QED) is 0.728. The van der Waals surface area contributed by atoms with Gasteiger partial charge in [-0.25, -0.2) is 4.98 Å². The van der Waals surface area contributed by atoms with Gasteiger partial charge in [-0.1, -0.05) is 39.1 Å². The van der Waals surface area contributed by atoms with Gasteiger partial charge in [-0.05, 0) is 12.1 Å². The van der Waals surface area contributed by atoms with Gasteiger partial charge in [0, 0.05) is 27.5 Å². The zero-order valence-corrected chi connectivity index (χ0v) is 12.5. The Morgan fingerprint density at radius 1 is 1.35 bits per heavy atom. The standard InChI is InChI=1S/C11H8BrCl2NOS/c12-5-7-3-8(13)4-9(14)11(7)16-6-10-15-1-2-17-10/h1-4H,5-6H2. The smallest absolute Gasteiger partial charge is 0.142 e. The number of hydrogen-bond donors (Lipinski definition) is 0. The van der Waals surface area contributed by atoms with Crippen molar-refractivity contribution in [2.45, 2.75) is 11.9 Å². The van der Waals surface area contributed by atoms with E-state index >= 15 is 0 Å². The van der Waals surface area contributed by atoms with E-state index < -0.39 is 0 Å². The van der Waals surface area contributed by atoms with Gasteiger partial charge in [0.1, 0.15) is 17.4 Å². The summed E-state index contributed by atoms with van der Waals surface area (Å²) < 4.78 is 5.69. The molecule has 2 rings (SSSR count). The molecule has 6 heteroatoms. The monoisotopic (exact) mass is 351 g/mol. The van der Waals surface area contributed by atoms with Crippen LogP contribution in [0.15, 0.2) is 23.7 Å². The van der Waals surface area contributed by atoms with Gasteiger partial charge in [0.05, 0.1) is 5.02 Å². The highest BCUT2D eigenvalue weighted by molar-refractivity contribution is 9.08. The average molecular weight is 353 g/mol. The lowest BCUT2D eigenvalue weighted by Gasteiger charge is -2.11. The van der Waals surface area contributed by atoms with Gasteiger partial charge in [-0.3, -0.25) is 0 Å². The Hall–Kier alpha value is -0.290. The van der Waals surface area contributed by atoms with E-state index in [0.29, 0.717) is 27.7 Å². The number of nitrogens with zero attached hydrogens (tertiary/aromatic N) is 1. The maximum Gasteiger partial charge on any atom is 0.142 e. The van der Waals surface area contributed by atoms with Crippen LogP contribution >= 0.6 is 50.5 Å². The van der Waals surface area contributed by atoms with Crippen LogP contribution in [0.25, 0.3) is 0 Å². The number of hydrogen-bond acceptors (Lipinski definition) is 3. The van der Waals surface area contributed by atoms with Gasteiger partial charge in [-0.2, -0.15) is 0 Å². The van der Waals surface area contributed by atoms with E-state index in [1.54, 1.807) is 23.6 Å². The van der Waals surface area contributed by atoms with Crippen LogP contribution in [0.4, 0.5) is 0 Å². The van der Waals surface area contributed by atoms with Crippen molar-refractivity contribution in [3.05, 3.63) is 44.3 Å². The molecule has 0 spiro atoms. The summed E-state index contributed by atoms with van der Waals surface area (Å²) in [6.07, 6.45) is 1.75. The Bertz CT molecular complexity index is 504. The van der Waals surface area contributed by atoms with Crippen LogP contribution in [-0.4, -0.2) is 4.98 Å². The third-order valence-corrected chi connectivity index (χ3v) is 3.91. The third-order valence-electron chi connectivity index (χ3n) is 2.05. The highest BCUT2D eigenvalue weighted by Gasteiger charge is 2.10. The molecule has 0 aliphatic carbocycles. The normalized spacial score (nSPS) is 10.5. The first-order chi connectivity index (χ1) is 8.20. The van der Waals surface area contributed by atoms with E-state index in [1.165, 1.54) is 0 Å². The van der Waals surface area contributed by atoms with Gasteiger partial charge in [0.2, 0.25) is 0 Å². The molecule has 0 aliphatic rings. The first kappa shape index (κ1) is 13.1. The highest BCUT2D eigenvalue weighted by atomic mass is 79.9. The first-order valence-corrected chi connectivity index (χ1v) is 7.51. The molecular formula is C11H8BrCl2NOS. The summed E-state index contributed by atoms with van der Waals surface area (Å²) in [5.74, 6) is 0.656. The van der Waals surface area contributed by atoms with E-state index in [-0.39, 0.29) is 0 Å². The second-order valence-electron chi connectivity index (χ2n) is 3.22. The van der Waals surface area contributed by atoms with Crippen LogP contribution in [-0.2, 0) is 11.9 Å². The minimum absolute atomic E-state index is 0.416. The van der Waals surface area contributed by atoms with Crippen molar-refractivity contribution in [3.63, 3.8) is 0 Å². The largest absolute Gasteiger partial charge is 0.485 e. The minimum atomic E-state index is 0.416. The summed E-state index contributed by atoms with van der Waals surface area (Å²) >= 11 is 17.0. The molecule has 17 heavy (non-hydrogen) atoms. The van der Waals surface area contributed by atoms with Gasteiger partial charge in [-0.15, -0.1) is 11.3 Å². The number of halogens is 3. The fraction of sp³-hybridized carbons (Fsp3) is 0.182. The molecule has 0 bridgehead atoms. The number of aromatic nitrogens is 1. The fourth-order valence-electron chi connectivity index (χ4n) is 1.33. The fourth-order valence-corrected chi connectivity index (χ4v) is 2.87. The van der Waals surface area contributed by atoms with Crippen molar-refractivity contribution in [1.29, 1.82) is 0 Å². The second kappa shape index (κ2) is 6.05. The van der Waals surface area contributed by atoms with Gasteiger partial charge >= 0.3 is 0 Å². The summed E-state index contributed by atoms with van der Waals surface area (Å²) in [5.41, 5.74) is 0.930. The summed E-state index contributed by atoms with van der Waals surface area (Å²) in [7, 11) is 0. The van der Waals surface area contributed by atoms with Crippen molar-refractivity contribution in [3.8, 4) is 5.75 Å². The Balaban J connectivity index is 2.19. The average Bonchev–Trinajstić information content (AvgIpc) is 2.79. The Kier molecular flexibility index (Phi) is 4.68. The predicted molar refractivity (Wildman–Crippen MR) is 75.5 cm³/mol. The number of benzene rings is 1. The molecule has 0 atom stereocenters. The molecule has 1 heterocycles. The molecular weight excluding hydrogens is 345 g/mol. The third kappa shape index (κ3) is 3.35.